The van der Waals surface area contributed by atoms with Crippen LogP contribution in [0.4, 0.5) is 0 Å². The number of nitrogens with zero attached hydrogens (tertiary/aromatic N) is 1. The van der Waals surface area contributed by atoms with E-state index in [-0.39, 0.29) is 35.9 Å². The lowest BCUT2D eigenvalue weighted by molar-refractivity contribution is -0.131. The van der Waals surface area contributed by atoms with Crippen LogP contribution in [0.1, 0.15) is 34.8 Å². The van der Waals surface area contributed by atoms with E-state index in [1.807, 2.05) is 50.2 Å². The molecule has 0 saturated carbocycles. The molecule has 0 bridgehead atoms. The van der Waals surface area contributed by atoms with Crippen LogP contribution >= 0.6 is 11.8 Å². The van der Waals surface area contributed by atoms with Gasteiger partial charge in [0.1, 0.15) is 6.54 Å². The van der Waals surface area contributed by atoms with Gasteiger partial charge in [-0.3, -0.25) is 19.3 Å². The van der Waals surface area contributed by atoms with Crippen molar-refractivity contribution >= 4 is 29.4 Å². The molecule has 3 rings (SSSR count). The van der Waals surface area contributed by atoms with Gasteiger partial charge in [-0.25, -0.2) is 0 Å². The zero-order valence-corrected chi connectivity index (χ0v) is 18.1. The maximum absolute atomic E-state index is 12.6. The molecule has 0 unspecified atom stereocenters. The van der Waals surface area contributed by atoms with Crippen molar-refractivity contribution in [3.05, 3.63) is 82.4 Å². The highest BCUT2D eigenvalue weighted by Gasteiger charge is 2.29. The Hall–Kier alpha value is -2.86. The second-order valence-electron chi connectivity index (χ2n) is 7.42. The predicted octanol–water partition coefficient (Wildman–Crippen LogP) is 3.73. The fourth-order valence-corrected chi connectivity index (χ4v) is 4.24. The molecule has 1 aliphatic rings. The van der Waals surface area contributed by atoms with Gasteiger partial charge in [0.25, 0.3) is 0 Å². The molecule has 1 saturated heterocycles. The Morgan fingerprint density at radius 2 is 1.83 bits per heavy atom. The van der Waals surface area contributed by atoms with Gasteiger partial charge in [0.2, 0.25) is 11.8 Å². The topological polar surface area (TPSA) is 66.5 Å². The summed E-state index contributed by atoms with van der Waals surface area (Å²) < 4.78 is 0. The standard InChI is InChI=1S/C24H26N2O3S/c1-17-8-6-7-11-20(17)21(27)14-24-26(23(29)16-30-24)15-22(28)25-18(2)12-13-19-9-4-3-5-10-19/h3-11,14,18H,12-13,15-16H2,1-2H3,(H,25,28)/b24-14-/t18-/m1/s1. The van der Waals surface area contributed by atoms with E-state index in [2.05, 4.69) is 17.4 Å². The van der Waals surface area contributed by atoms with Gasteiger partial charge < -0.3 is 5.32 Å². The molecule has 156 valence electrons. The Balaban J connectivity index is 1.58. The molecular weight excluding hydrogens is 396 g/mol. The molecule has 1 fully saturated rings. The van der Waals surface area contributed by atoms with E-state index in [1.165, 1.54) is 28.3 Å². The summed E-state index contributed by atoms with van der Waals surface area (Å²) in [4.78, 5) is 38.8. The summed E-state index contributed by atoms with van der Waals surface area (Å²) in [7, 11) is 0. The van der Waals surface area contributed by atoms with E-state index < -0.39 is 0 Å². The van der Waals surface area contributed by atoms with Crippen LogP contribution in [0.5, 0.6) is 0 Å². The number of nitrogens with one attached hydrogen (secondary N) is 1. The maximum Gasteiger partial charge on any atom is 0.240 e. The molecule has 5 nitrogen and oxygen atoms in total. The first-order chi connectivity index (χ1) is 14.4. The SMILES string of the molecule is Cc1ccccc1C(=O)/C=C1\SCC(=O)N1CC(=O)N[C@H](C)CCc1ccccc1. The number of amides is 2. The number of aryl methyl sites for hydroxylation is 2. The maximum atomic E-state index is 12.6. The van der Waals surface area contributed by atoms with E-state index in [0.717, 1.165) is 18.4 Å². The monoisotopic (exact) mass is 422 g/mol. The average Bonchev–Trinajstić information content (AvgIpc) is 3.06. The van der Waals surface area contributed by atoms with Crippen LogP contribution < -0.4 is 5.32 Å². The van der Waals surface area contributed by atoms with Gasteiger partial charge in [0.05, 0.1) is 10.8 Å². The molecular formula is C24H26N2O3S. The number of benzene rings is 2. The second kappa shape index (κ2) is 10.3. The van der Waals surface area contributed by atoms with Gasteiger partial charge in [0, 0.05) is 17.7 Å². The third-order valence-electron chi connectivity index (χ3n) is 4.99. The van der Waals surface area contributed by atoms with Crippen molar-refractivity contribution in [3.8, 4) is 0 Å². The summed E-state index contributed by atoms with van der Waals surface area (Å²) in [5.74, 6) is -0.299. The van der Waals surface area contributed by atoms with Gasteiger partial charge in [-0.05, 0) is 37.8 Å². The van der Waals surface area contributed by atoms with Gasteiger partial charge in [-0.1, -0.05) is 66.4 Å². The van der Waals surface area contributed by atoms with E-state index in [1.54, 1.807) is 6.07 Å². The van der Waals surface area contributed by atoms with Crippen LogP contribution in [-0.2, 0) is 16.0 Å². The molecule has 2 amide bonds. The molecule has 6 heteroatoms. The quantitative estimate of drug-likeness (QED) is 0.520. The lowest BCUT2D eigenvalue weighted by Gasteiger charge is -2.19. The van der Waals surface area contributed by atoms with Gasteiger partial charge in [0.15, 0.2) is 5.78 Å². The molecule has 2 aromatic carbocycles. The summed E-state index contributed by atoms with van der Waals surface area (Å²) in [6, 6.07) is 17.4. The molecule has 30 heavy (non-hydrogen) atoms. The molecule has 0 spiro atoms. The Bertz CT molecular complexity index is 956. The van der Waals surface area contributed by atoms with Crippen molar-refractivity contribution in [2.45, 2.75) is 32.7 Å². The molecule has 2 aromatic rings. The summed E-state index contributed by atoms with van der Waals surface area (Å²) in [5.41, 5.74) is 2.71. The predicted molar refractivity (Wildman–Crippen MR) is 120 cm³/mol. The number of rotatable bonds is 8. The first kappa shape index (κ1) is 21.8. The highest BCUT2D eigenvalue weighted by Crippen LogP contribution is 2.29. The third-order valence-corrected chi connectivity index (χ3v) is 6.02. The number of ketones is 1. The number of allylic oxidation sites excluding steroid dienone is 1. The van der Waals surface area contributed by atoms with Gasteiger partial charge in [-0.15, -0.1) is 0 Å². The van der Waals surface area contributed by atoms with Crippen molar-refractivity contribution in [1.82, 2.24) is 10.2 Å². The molecule has 1 aliphatic heterocycles. The Morgan fingerprint density at radius 1 is 1.13 bits per heavy atom. The fraction of sp³-hybridized carbons (Fsp3) is 0.292. The first-order valence-corrected chi connectivity index (χ1v) is 11.0. The van der Waals surface area contributed by atoms with E-state index in [0.29, 0.717) is 10.6 Å². The molecule has 1 N–H and O–H groups in total. The lowest BCUT2D eigenvalue weighted by Crippen LogP contribution is -2.41. The number of hydrogen-bond acceptors (Lipinski definition) is 4. The Morgan fingerprint density at radius 3 is 2.57 bits per heavy atom. The van der Waals surface area contributed by atoms with Crippen LogP contribution in [0, 0.1) is 6.92 Å². The molecule has 0 aliphatic carbocycles. The number of thioether (sulfide) groups is 1. The summed E-state index contributed by atoms with van der Waals surface area (Å²) >= 11 is 1.29. The van der Waals surface area contributed by atoms with E-state index >= 15 is 0 Å². The molecule has 1 atom stereocenters. The van der Waals surface area contributed by atoms with Crippen LogP contribution in [0.3, 0.4) is 0 Å². The smallest absolute Gasteiger partial charge is 0.240 e. The highest BCUT2D eigenvalue weighted by molar-refractivity contribution is 8.04. The third kappa shape index (κ3) is 5.83. The normalized spacial score (nSPS) is 16.0. The zero-order chi connectivity index (χ0) is 21.5. The van der Waals surface area contributed by atoms with Crippen molar-refractivity contribution in [1.29, 1.82) is 0 Å². The van der Waals surface area contributed by atoms with Crippen LogP contribution in [0.25, 0.3) is 0 Å². The van der Waals surface area contributed by atoms with Gasteiger partial charge in [-0.2, -0.15) is 0 Å². The van der Waals surface area contributed by atoms with Crippen LogP contribution in [0.2, 0.25) is 0 Å². The first-order valence-electron chi connectivity index (χ1n) is 10.0. The molecule has 1 heterocycles. The van der Waals surface area contributed by atoms with Crippen molar-refractivity contribution < 1.29 is 14.4 Å². The number of carbonyl (C=O) groups excluding carboxylic acids is 3. The summed E-state index contributed by atoms with van der Waals surface area (Å²) in [6.07, 6.45) is 3.15. The number of carbonyl (C=O) groups is 3. The Labute approximate surface area is 181 Å². The van der Waals surface area contributed by atoms with Crippen LogP contribution in [-0.4, -0.2) is 40.8 Å². The summed E-state index contributed by atoms with van der Waals surface area (Å²) in [6.45, 7) is 3.76. The zero-order valence-electron chi connectivity index (χ0n) is 17.3. The minimum Gasteiger partial charge on any atom is -0.352 e. The van der Waals surface area contributed by atoms with Crippen molar-refractivity contribution in [2.24, 2.45) is 0 Å². The van der Waals surface area contributed by atoms with Crippen LogP contribution in [0.15, 0.2) is 65.7 Å². The number of hydrogen-bond donors (Lipinski definition) is 1. The largest absolute Gasteiger partial charge is 0.352 e. The molecule has 0 aromatic heterocycles. The highest BCUT2D eigenvalue weighted by atomic mass is 32.2. The van der Waals surface area contributed by atoms with Crippen molar-refractivity contribution in [2.75, 3.05) is 12.3 Å². The van der Waals surface area contributed by atoms with E-state index in [4.69, 9.17) is 0 Å². The fourth-order valence-electron chi connectivity index (χ4n) is 3.30. The average molecular weight is 423 g/mol. The lowest BCUT2D eigenvalue weighted by atomic mass is 10.1. The van der Waals surface area contributed by atoms with Gasteiger partial charge >= 0.3 is 0 Å². The minimum atomic E-state index is -0.222. The minimum absolute atomic E-state index is 0.0101. The molecule has 0 radical (unpaired) electrons. The van der Waals surface area contributed by atoms with E-state index in [9.17, 15) is 14.4 Å². The van der Waals surface area contributed by atoms with Crippen molar-refractivity contribution in [3.63, 3.8) is 0 Å². The Kier molecular flexibility index (Phi) is 7.46. The summed E-state index contributed by atoms with van der Waals surface area (Å²) in [5, 5.41) is 3.49. The second-order valence-corrected chi connectivity index (χ2v) is 8.42.